The molecular weight excluding hydrogens is 204 g/mol. The lowest BCUT2D eigenvalue weighted by molar-refractivity contribution is 0.210. The second-order valence-electron chi connectivity index (χ2n) is 4.04. The highest BCUT2D eigenvalue weighted by atomic mass is 16.5. The van der Waals surface area contributed by atoms with Gasteiger partial charge < -0.3 is 15.8 Å². The molecule has 0 saturated heterocycles. The average molecular weight is 220 g/mol. The number of hydrogen-bond acceptors (Lipinski definition) is 2. The highest BCUT2D eigenvalue weighted by molar-refractivity contribution is 5.87. The average Bonchev–Trinajstić information content (AvgIpc) is 2.73. The van der Waals surface area contributed by atoms with Gasteiger partial charge in [-0.15, -0.1) is 0 Å². The minimum absolute atomic E-state index is 0.356. The normalized spacial score (nSPS) is 16.0. The first-order chi connectivity index (χ1) is 7.74. The van der Waals surface area contributed by atoms with E-state index in [0.29, 0.717) is 11.8 Å². The van der Waals surface area contributed by atoms with Crippen molar-refractivity contribution in [1.29, 1.82) is 0 Å². The van der Waals surface area contributed by atoms with E-state index in [1.807, 2.05) is 12.1 Å². The lowest BCUT2D eigenvalue weighted by Crippen LogP contribution is -2.19. The SMILES string of the molecule is NC(=O)Nc1ccc(OC2CCCC2)cc1. The minimum Gasteiger partial charge on any atom is -0.490 e. The first-order valence-corrected chi connectivity index (χ1v) is 5.57. The van der Waals surface area contributed by atoms with Crippen molar-refractivity contribution in [2.45, 2.75) is 31.8 Å². The second-order valence-corrected chi connectivity index (χ2v) is 4.04. The Labute approximate surface area is 94.8 Å². The summed E-state index contributed by atoms with van der Waals surface area (Å²) in [5.41, 5.74) is 5.70. The molecule has 0 atom stereocenters. The third kappa shape index (κ3) is 2.89. The van der Waals surface area contributed by atoms with Gasteiger partial charge >= 0.3 is 6.03 Å². The zero-order chi connectivity index (χ0) is 11.4. The van der Waals surface area contributed by atoms with Crippen molar-refractivity contribution in [3.05, 3.63) is 24.3 Å². The number of ether oxygens (including phenoxy) is 1. The molecule has 1 aromatic carbocycles. The Kier molecular flexibility index (Phi) is 3.29. The molecule has 1 aliphatic rings. The lowest BCUT2D eigenvalue weighted by Gasteiger charge is -2.13. The second kappa shape index (κ2) is 4.88. The summed E-state index contributed by atoms with van der Waals surface area (Å²) in [7, 11) is 0. The smallest absolute Gasteiger partial charge is 0.316 e. The van der Waals surface area contributed by atoms with Crippen molar-refractivity contribution in [2.24, 2.45) is 5.73 Å². The molecule has 4 heteroatoms. The Bertz CT molecular complexity index is 356. The fourth-order valence-electron chi connectivity index (χ4n) is 1.96. The van der Waals surface area contributed by atoms with Crippen molar-refractivity contribution in [3.63, 3.8) is 0 Å². The fourth-order valence-corrected chi connectivity index (χ4v) is 1.96. The molecule has 3 N–H and O–H groups in total. The van der Waals surface area contributed by atoms with Gasteiger partial charge in [0.15, 0.2) is 0 Å². The molecule has 0 heterocycles. The molecule has 0 spiro atoms. The van der Waals surface area contributed by atoms with E-state index in [1.165, 1.54) is 12.8 Å². The van der Waals surface area contributed by atoms with E-state index < -0.39 is 6.03 Å². The maximum Gasteiger partial charge on any atom is 0.316 e. The number of primary amides is 1. The van der Waals surface area contributed by atoms with Gasteiger partial charge in [-0.1, -0.05) is 0 Å². The number of rotatable bonds is 3. The van der Waals surface area contributed by atoms with E-state index in [1.54, 1.807) is 12.1 Å². The van der Waals surface area contributed by atoms with Crippen LogP contribution in [0.2, 0.25) is 0 Å². The maximum absolute atomic E-state index is 10.6. The van der Waals surface area contributed by atoms with Gasteiger partial charge in [0.05, 0.1) is 6.10 Å². The van der Waals surface area contributed by atoms with E-state index in [2.05, 4.69) is 5.32 Å². The van der Waals surface area contributed by atoms with Crippen molar-refractivity contribution in [3.8, 4) is 5.75 Å². The number of benzene rings is 1. The molecule has 1 aromatic rings. The molecule has 0 radical (unpaired) electrons. The minimum atomic E-state index is -0.551. The van der Waals surface area contributed by atoms with Crippen LogP contribution in [0.25, 0.3) is 0 Å². The monoisotopic (exact) mass is 220 g/mol. The van der Waals surface area contributed by atoms with Crippen LogP contribution in [0.4, 0.5) is 10.5 Å². The number of urea groups is 1. The van der Waals surface area contributed by atoms with Crippen LogP contribution < -0.4 is 15.8 Å². The van der Waals surface area contributed by atoms with E-state index in [4.69, 9.17) is 10.5 Å². The highest BCUT2D eigenvalue weighted by Crippen LogP contribution is 2.24. The Balaban J connectivity index is 1.93. The summed E-state index contributed by atoms with van der Waals surface area (Å²) < 4.78 is 5.79. The summed E-state index contributed by atoms with van der Waals surface area (Å²) in [5.74, 6) is 0.849. The molecule has 86 valence electrons. The summed E-state index contributed by atoms with van der Waals surface area (Å²) in [5, 5.41) is 2.51. The van der Waals surface area contributed by atoms with Gasteiger partial charge in [-0.25, -0.2) is 4.79 Å². The van der Waals surface area contributed by atoms with Crippen LogP contribution in [0.15, 0.2) is 24.3 Å². The summed E-state index contributed by atoms with van der Waals surface area (Å²) in [6.45, 7) is 0. The van der Waals surface area contributed by atoms with Gasteiger partial charge in [0, 0.05) is 5.69 Å². The van der Waals surface area contributed by atoms with Gasteiger partial charge in [-0.2, -0.15) is 0 Å². The fraction of sp³-hybridized carbons (Fsp3) is 0.417. The van der Waals surface area contributed by atoms with E-state index >= 15 is 0 Å². The molecule has 0 unspecified atom stereocenters. The van der Waals surface area contributed by atoms with Crippen LogP contribution in [-0.4, -0.2) is 12.1 Å². The van der Waals surface area contributed by atoms with Gasteiger partial charge in [0.25, 0.3) is 0 Å². The zero-order valence-corrected chi connectivity index (χ0v) is 9.11. The van der Waals surface area contributed by atoms with Gasteiger partial charge in [0.1, 0.15) is 5.75 Å². The molecule has 1 aliphatic carbocycles. The number of hydrogen-bond donors (Lipinski definition) is 2. The first-order valence-electron chi connectivity index (χ1n) is 5.57. The van der Waals surface area contributed by atoms with Crippen LogP contribution in [0.3, 0.4) is 0 Å². The summed E-state index contributed by atoms with van der Waals surface area (Å²) in [6, 6.07) is 6.72. The van der Waals surface area contributed by atoms with Gasteiger partial charge in [-0.05, 0) is 49.9 Å². The number of amides is 2. The summed E-state index contributed by atoms with van der Waals surface area (Å²) in [6.07, 6.45) is 5.15. The summed E-state index contributed by atoms with van der Waals surface area (Å²) in [4.78, 5) is 10.6. The van der Waals surface area contributed by atoms with E-state index in [0.717, 1.165) is 18.6 Å². The molecule has 4 nitrogen and oxygen atoms in total. The van der Waals surface area contributed by atoms with Crippen molar-refractivity contribution in [2.75, 3.05) is 5.32 Å². The van der Waals surface area contributed by atoms with Gasteiger partial charge in [0.2, 0.25) is 0 Å². The molecule has 0 aromatic heterocycles. The molecular formula is C12H16N2O2. The maximum atomic E-state index is 10.6. The Morgan fingerprint density at radius 3 is 2.44 bits per heavy atom. The van der Waals surface area contributed by atoms with Crippen molar-refractivity contribution >= 4 is 11.7 Å². The zero-order valence-electron chi connectivity index (χ0n) is 9.11. The Morgan fingerprint density at radius 2 is 1.88 bits per heavy atom. The molecule has 2 rings (SSSR count). The number of nitrogens with one attached hydrogen (secondary N) is 1. The lowest BCUT2D eigenvalue weighted by atomic mass is 10.3. The standard InChI is InChI=1S/C12H16N2O2/c13-12(15)14-9-5-7-11(8-6-9)16-10-3-1-2-4-10/h5-8,10H,1-4H2,(H3,13,14,15). The predicted molar refractivity (Wildman–Crippen MR) is 62.5 cm³/mol. The van der Waals surface area contributed by atoms with Gasteiger partial charge in [-0.3, -0.25) is 0 Å². The predicted octanol–water partition coefficient (Wildman–Crippen LogP) is 2.50. The Morgan fingerprint density at radius 1 is 1.25 bits per heavy atom. The van der Waals surface area contributed by atoms with Crippen LogP contribution in [0.1, 0.15) is 25.7 Å². The molecule has 0 aliphatic heterocycles. The highest BCUT2D eigenvalue weighted by Gasteiger charge is 2.16. The molecule has 1 saturated carbocycles. The van der Waals surface area contributed by atoms with Crippen LogP contribution in [0, 0.1) is 0 Å². The molecule has 2 amide bonds. The van der Waals surface area contributed by atoms with E-state index in [9.17, 15) is 4.79 Å². The van der Waals surface area contributed by atoms with Crippen LogP contribution in [-0.2, 0) is 0 Å². The van der Waals surface area contributed by atoms with Crippen LogP contribution in [0.5, 0.6) is 5.75 Å². The van der Waals surface area contributed by atoms with Crippen molar-refractivity contribution in [1.82, 2.24) is 0 Å². The number of anilines is 1. The third-order valence-electron chi connectivity index (χ3n) is 2.73. The van der Waals surface area contributed by atoms with E-state index in [-0.39, 0.29) is 0 Å². The Hall–Kier alpha value is -1.71. The first kappa shape index (κ1) is 10.8. The topological polar surface area (TPSA) is 64.4 Å². The van der Waals surface area contributed by atoms with Crippen LogP contribution >= 0.6 is 0 Å². The number of nitrogens with two attached hydrogens (primary N) is 1. The number of carbonyl (C=O) groups is 1. The quantitative estimate of drug-likeness (QED) is 0.822. The molecule has 16 heavy (non-hydrogen) atoms. The molecule has 0 bridgehead atoms. The van der Waals surface area contributed by atoms with Crippen molar-refractivity contribution < 1.29 is 9.53 Å². The third-order valence-corrected chi connectivity index (χ3v) is 2.73. The molecule has 1 fully saturated rings. The summed E-state index contributed by atoms with van der Waals surface area (Å²) >= 11 is 0. The largest absolute Gasteiger partial charge is 0.490 e. The number of carbonyl (C=O) groups excluding carboxylic acids is 1.